The number of aryl methyl sites for hydroxylation is 1. The fourth-order valence-corrected chi connectivity index (χ4v) is 13.7. The summed E-state index contributed by atoms with van der Waals surface area (Å²) in [7, 11) is -6.12. The van der Waals surface area contributed by atoms with Crippen molar-refractivity contribution in [3.05, 3.63) is 170 Å². The Morgan fingerprint density at radius 1 is 0.809 bits per heavy atom. The van der Waals surface area contributed by atoms with Gasteiger partial charge in [0.25, 0.3) is 17.7 Å². The van der Waals surface area contributed by atoms with Crippen molar-refractivity contribution in [3.8, 4) is 11.8 Å². The Bertz CT molecular complexity index is 3860. The molecule has 1 aromatic heterocycles. The number of halogens is 2. The number of hydrogen-bond donors (Lipinski definition) is 7. The first kappa shape index (κ1) is 63.3. The number of piperidine rings is 1. The Kier molecular flexibility index (Phi) is 19.4. The molecule has 10 rings (SSSR count). The summed E-state index contributed by atoms with van der Waals surface area (Å²) in [6.45, 7) is 0.356. The second-order valence-corrected chi connectivity index (χ2v) is 25.5. The first-order chi connectivity index (χ1) is 42.7. The maximum absolute atomic E-state index is 15.5. The molecule has 1 unspecified atom stereocenters. The van der Waals surface area contributed by atoms with Crippen molar-refractivity contribution in [2.75, 3.05) is 11.4 Å². The van der Waals surface area contributed by atoms with E-state index in [0.29, 0.717) is 47.7 Å². The highest BCUT2D eigenvalue weighted by molar-refractivity contribution is 7.52. The van der Waals surface area contributed by atoms with Gasteiger partial charge in [0.2, 0.25) is 29.5 Å². The van der Waals surface area contributed by atoms with Crippen molar-refractivity contribution in [3.63, 3.8) is 0 Å². The van der Waals surface area contributed by atoms with Gasteiger partial charge in [-0.15, -0.1) is 11.3 Å². The average Bonchev–Trinajstić information content (AvgIpc) is 2.06. The van der Waals surface area contributed by atoms with Crippen molar-refractivity contribution < 1.29 is 66.3 Å². The summed E-state index contributed by atoms with van der Waals surface area (Å²) in [4.78, 5) is 144. The van der Waals surface area contributed by atoms with Crippen molar-refractivity contribution in [2.24, 2.45) is 5.73 Å². The van der Waals surface area contributed by atoms with Gasteiger partial charge in [0, 0.05) is 72.5 Å². The molecule has 4 atom stereocenters. The van der Waals surface area contributed by atoms with E-state index in [4.69, 9.17) is 5.73 Å². The van der Waals surface area contributed by atoms with Gasteiger partial charge in [-0.3, -0.25) is 57.9 Å². The lowest BCUT2D eigenvalue weighted by Crippen LogP contribution is -2.56. The molecule has 0 saturated carbocycles. The summed E-state index contributed by atoms with van der Waals surface area (Å²) in [5, 5.41) is 10.6. The predicted molar refractivity (Wildman–Crippen MR) is 327 cm³/mol. The maximum Gasteiger partial charge on any atom is 0.399 e. The molecule has 0 spiro atoms. The molecule has 23 heteroatoms. The molecular weight excluding hydrogens is 1180 g/mol. The lowest BCUT2D eigenvalue weighted by Gasteiger charge is -2.29. The lowest BCUT2D eigenvalue weighted by atomic mass is 9.85. The quantitative estimate of drug-likeness (QED) is 0.0132. The monoisotopic (exact) mass is 1250 g/mol. The molecule has 8 amide bonds. The number of alkyl halides is 2. The van der Waals surface area contributed by atoms with Crippen LogP contribution in [0, 0.1) is 11.8 Å². The summed E-state index contributed by atoms with van der Waals surface area (Å²) in [6, 6.07) is 27.9. The lowest BCUT2D eigenvalue weighted by molar-refractivity contribution is -0.137. The molecule has 4 aliphatic rings. The number of nitrogens with zero attached hydrogens (tertiary/aromatic N) is 2. The minimum Gasteiger partial charge on any atom is -0.370 e. The number of fused-ring (bicyclic) bond motifs is 2. The number of para-hydroxylation sites is 1. The van der Waals surface area contributed by atoms with Crippen LogP contribution in [0.5, 0.6) is 0 Å². The molecule has 0 aliphatic carbocycles. The third-order valence-electron chi connectivity index (χ3n) is 16.8. The highest BCUT2D eigenvalue weighted by Gasteiger charge is 2.51. The van der Waals surface area contributed by atoms with Gasteiger partial charge in [-0.25, -0.2) is 0 Å². The highest BCUT2D eigenvalue weighted by Crippen LogP contribution is 2.60. The van der Waals surface area contributed by atoms with Crippen LogP contribution >= 0.6 is 18.9 Å². The Morgan fingerprint density at radius 3 is 2.19 bits per heavy atom. The Morgan fingerprint density at radius 2 is 1.49 bits per heavy atom. The molecule has 19 nitrogen and oxygen atoms in total. The first-order valence-corrected chi connectivity index (χ1v) is 32.1. The number of nitrogens with one attached hydrogen (secondary N) is 4. The molecule has 6 aromatic rings. The van der Waals surface area contributed by atoms with E-state index in [1.54, 1.807) is 24.3 Å². The van der Waals surface area contributed by atoms with Crippen LogP contribution in [0.4, 0.5) is 14.5 Å². The number of unbranched alkanes of at least 4 members (excludes halogenated alkanes) is 6. The van der Waals surface area contributed by atoms with Crippen molar-refractivity contribution >= 4 is 87.7 Å². The van der Waals surface area contributed by atoms with Gasteiger partial charge in [-0.2, -0.15) is 8.78 Å². The number of thiophene rings is 1. The number of rotatable bonds is 24. The van der Waals surface area contributed by atoms with E-state index in [0.717, 1.165) is 65.3 Å². The van der Waals surface area contributed by atoms with Crippen molar-refractivity contribution in [1.82, 2.24) is 26.2 Å². The van der Waals surface area contributed by atoms with Gasteiger partial charge in [-0.1, -0.05) is 122 Å². The van der Waals surface area contributed by atoms with Crippen LogP contribution in [0.2, 0.25) is 0 Å². The van der Waals surface area contributed by atoms with Gasteiger partial charge >= 0.3 is 13.3 Å². The summed E-state index contributed by atoms with van der Waals surface area (Å²) in [5.41, 5.74) is 4.93. The second-order valence-electron chi connectivity index (χ2n) is 22.8. The molecule has 5 heterocycles. The molecule has 5 aromatic carbocycles. The van der Waals surface area contributed by atoms with E-state index in [2.05, 4.69) is 33.1 Å². The van der Waals surface area contributed by atoms with Gasteiger partial charge in [0.05, 0.1) is 22.2 Å². The van der Waals surface area contributed by atoms with E-state index in [1.165, 1.54) is 15.9 Å². The third kappa shape index (κ3) is 14.1. The van der Waals surface area contributed by atoms with Crippen LogP contribution < -0.4 is 31.9 Å². The summed E-state index contributed by atoms with van der Waals surface area (Å²) >= 11 is 0.763. The van der Waals surface area contributed by atoms with Crippen LogP contribution in [0.25, 0.3) is 10.1 Å². The maximum atomic E-state index is 15.5. The van der Waals surface area contributed by atoms with E-state index >= 15 is 8.78 Å². The minimum absolute atomic E-state index is 0.0342. The van der Waals surface area contributed by atoms with E-state index < -0.39 is 84.4 Å². The molecule has 1 fully saturated rings. The zero-order valence-corrected chi connectivity index (χ0v) is 50.1. The number of benzene rings is 5. The number of imide groups is 1. The number of anilines is 1. The SMILES string of the molecule is NC(=O)CC[C@H](NC(=O)[C@@H]1Cc2cccc3c2N1C(=O)[C@@H](NC(=O)c1cc2cc(C(F)(F)P(=O)(O)O)cc(C(=O)NCCCCCCCCC#Cc4cccc5c4CN(C4CCC(=O)NC4=O)C5=O)c2s1)CC3)C(=O)CC(c1ccccc1)c1ccccc1. The molecule has 0 bridgehead atoms. The number of Topliss-reactive ketones (excluding diaryl/α,β-unsaturated/α-hetero) is 1. The molecular formula is C66H66F2N7O12PS. The molecule has 4 aliphatic heterocycles. The van der Waals surface area contributed by atoms with Crippen molar-refractivity contribution in [1.29, 1.82) is 0 Å². The van der Waals surface area contributed by atoms with E-state index in [9.17, 15) is 57.5 Å². The van der Waals surface area contributed by atoms with Crippen LogP contribution in [0.15, 0.2) is 115 Å². The summed E-state index contributed by atoms with van der Waals surface area (Å²) in [6.07, 6.45) is 5.64. The fourth-order valence-electron chi connectivity index (χ4n) is 12.2. The van der Waals surface area contributed by atoms with Crippen molar-refractivity contribution in [2.45, 2.75) is 139 Å². The molecule has 8 N–H and O–H groups in total. The van der Waals surface area contributed by atoms with Gasteiger partial charge in [0.1, 0.15) is 18.1 Å². The number of ketones is 1. The normalized spacial score (nSPS) is 17.5. The number of carbonyl (C=O) groups is 9. The van der Waals surface area contributed by atoms with Gasteiger partial charge in [-0.05, 0) is 102 Å². The number of carbonyl (C=O) groups excluding carboxylic acids is 9. The Balaban J connectivity index is 0.768. The molecule has 1 saturated heterocycles. The zero-order chi connectivity index (χ0) is 63.1. The average molecular weight is 1250 g/mol. The molecule has 462 valence electrons. The first-order valence-electron chi connectivity index (χ1n) is 29.7. The number of primary amides is 1. The number of amides is 8. The van der Waals surface area contributed by atoms with Crippen LogP contribution in [-0.4, -0.2) is 98.4 Å². The second kappa shape index (κ2) is 27.3. The minimum atomic E-state index is -6.12. The van der Waals surface area contributed by atoms with Crippen LogP contribution in [0.1, 0.15) is 159 Å². The molecule has 0 radical (unpaired) electrons. The van der Waals surface area contributed by atoms with E-state index in [-0.39, 0.29) is 103 Å². The standard InChI is InChI=1S/C66H66F2N7O12PS/c67-66(68,88(85,86)87)45-33-44-35-55(89-59(44)48(36-45)60(79)70-32-14-6-4-2-1-3-5-9-21-41-22-16-25-46-49(41)38-74(64(46)83)52-29-31-57(78)73-61(52)80)63(82)72-51-27-26-42-23-15-24-43-34-53(75(58(42)43)65(51)84)62(81)71-50(28-30-56(69)77)54(76)37-47(39-17-10-7-11-18-39)40-19-12-8-13-20-40/h7-8,10-13,15-20,22-25,33,35-36,47,50-53H,1-6,14,26-32,34,37-38H2,(H2,69,77)(H,70,79)(H,71,81)(H,72,82)(H,73,78,80)(H2,85,86,87)/t50-,51-,52?,53-/m0/s1. The number of nitrogens with two attached hydrogens (primary N) is 1. The summed E-state index contributed by atoms with van der Waals surface area (Å²) < 4.78 is 43.1. The largest absolute Gasteiger partial charge is 0.399 e. The third-order valence-corrected chi connectivity index (χ3v) is 19.0. The Labute approximate surface area is 515 Å². The summed E-state index contributed by atoms with van der Waals surface area (Å²) in [5.74, 6) is 0.872. The van der Waals surface area contributed by atoms with Gasteiger partial charge < -0.3 is 36.4 Å². The Hall–Kier alpha value is -8.74. The molecule has 89 heavy (non-hydrogen) atoms. The van der Waals surface area contributed by atoms with Crippen LogP contribution in [-0.2, 0) is 58.4 Å². The van der Waals surface area contributed by atoms with Crippen LogP contribution in [0.3, 0.4) is 0 Å². The smallest absolute Gasteiger partial charge is 0.370 e. The fraction of sp³-hybridized carbons (Fsp3) is 0.348. The number of hydrogen-bond acceptors (Lipinski definition) is 11. The predicted octanol–water partition coefficient (Wildman–Crippen LogP) is 7.95. The zero-order valence-electron chi connectivity index (χ0n) is 48.4. The topological polar surface area (TPSA) is 292 Å². The van der Waals surface area contributed by atoms with Gasteiger partial charge in [0.15, 0.2) is 5.78 Å². The highest BCUT2D eigenvalue weighted by atomic mass is 32.1. The van der Waals surface area contributed by atoms with E-state index in [1.807, 2.05) is 72.8 Å².